The zero-order valence-corrected chi connectivity index (χ0v) is 11.5. The minimum Gasteiger partial charge on any atom is -0.386 e. The van der Waals surface area contributed by atoms with E-state index in [4.69, 9.17) is 5.73 Å². The zero-order chi connectivity index (χ0) is 15.6. The van der Waals surface area contributed by atoms with Crippen LogP contribution >= 0.6 is 0 Å². The second kappa shape index (κ2) is 5.83. The van der Waals surface area contributed by atoms with Crippen molar-refractivity contribution in [1.29, 1.82) is 0 Å². The highest BCUT2D eigenvalue weighted by molar-refractivity contribution is 5.50. The maximum atomic E-state index is 13.5. The molecule has 116 valence electrons. The van der Waals surface area contributed by atoms with E-state index < -0.39 is 17.6 Å². The Morgan fingerprint density at radius 1 is 1.33 bits per heavy atom. The summed E-state index contributed by atoms with van der Waals surface area (Å²) in [6.07, 6.45) is -2.73. The fraction of sp³-hybridized carbons (Fsp3) is 0.429. The topological polar surface area (TPSA) is 41.3 Å². The molecular weight excluding hydrogens is 286 g/mol. The average Bonchev–Trinajstić information content (AvgIpc) is 2.79. The largest absolute Gasteiger partial charge is 0.416 e. The minimum absolute atomic E-state index is 0.0857. The number of rotatable bonds is 4. The number of benzene rings is 1. The monoisotopic (exact) mass is 303 g/mol. The van der Waals surface area contributed by atoms with Gasteiger partial charge in [-0.25, -0.2) is 4.39 Å². The van der Waals surface area contributed by atoms with E-state index in [-0.39, 0.29) is 11.6 Å². The van der Waals surface area contributed by atoms with Gasteiger partial charge in [-0.15, -0.1) is 0 Å². The third-order valence-corrected chi connectivity index (χ3v) is 3.40. The van der Waals surface area contributed by atoms with E-state index in [1.807, 2.05) is 13.0 Å². The van der Waals surface area contributed by atoms with Gasteiger partial charge in [0.1, 0.15) is 5.82 Å². The van der Waals surface area contributed by atoms with E-state index in [0.717, 1.165) is 12.1 Å². The fourth-order valence-corrected chi connectivity index (χ4v) is 2.36. The second-order valence-corrected chi connectivity index (χ2v) is 5.00. The number of anilines is 1. The van der Waals surface area contributed by atoms with Crippen molar-refractivity contribution in [3.8, 4) is 0 Å². The summed E-state index contributed by atoms with van der Waals surface area (Å²) in [5.74, 6) is -0.244. The quantitative estimate of drug-likeness (QED) is 0.840. The molecule has 1 aliphatic rings. The van der Waals surface area contributed by atoms with Crippen LogP contribution in [-0.2, 0) is 6.18 Å². The molecule has 1 aromatic carbocycles. The van der Waals surface area contributed by atoms with Gasteiger partial charge in [0.2, 0.25) is 0 Å². The van der Waals surface area contributed by atoms with Crippen LogP contribution in [0.3, 0.4) is 0 Å². The summed E-state index contributed by atoms with van der Waals surface area (Å²) < 4.78 is 51.7. The van der Waals surface area contributed by atoms with E-state index in [9.17, 15) is 17.6 Å². The lowest BCUT2D eigenvalue weighted by Gasteiger charge is -2.26. The Bertz CT molecular complexity index is 540. The van der Waals surface area contributed by atoms with Crippen LogP contribution in [0.2, 0.25) is 0 Å². The minimum atomic E-state index is -4.56. The van der Waals surface area contributed by atoms with Gasteiger partial charge in [-0.3, -0.25) is 0 Å². The molecule has 1 aromatic rings. The van der Waals surface area contributed by atoms with Gasteiger partial charge >= 0.3 is 6.18 Å². The number of hydrogen-bond donors (Lipinski definition) is 2. The molecule has 1 heterocycles. The lowest BCUT2D eigenvalue weighted by Crippen LogP contribution is -2.31. The van der Waals surface area contributed by atoms with Gasteiger partial charge in [0, 0.05) is 31.2 Å². The molecule has 0 radical (unpaired) electrons. The maximum absolute atomic E-state index is 13.5. The summed E-state index contributed by atoms with van der Waals surface area (Å²) in [6, 6.07) is 2.60. The number of hydrogen-bond acceptors (Lipinski definition) is 3. The average molecular weight is 303 g/mol. The Hall–Kier alpha value is -1.92. The molecule has 0 unspecified atom stereocenters. The first-order chi connectivity index (χ1) is 9.79. The Balaban J connectivity index is 2.23. The van der Waals surface area contributed by atoms with Crippen LogP contribution in [0.4, 0.5) is 23.2 Å². The molecule has 3 nitrogen and oxygen atoms in total. The Labute approximate surface area is 120 Å². The smallest absolute Gasteiger partial charge is 0.386 e. The number of nitrogens with zero attached hydrogens (tertiary/aromatic N) is 1. The molecule has 2 rings (SSSR count). The van der Waals surface area contributed by atoms with Gasteiger partial charge in [0.05, 0.1) is 11.4 Å². The normalized spacial score (nSPS) is 18.3. The molecule has 0 saturated heterocycles. The van der Waals surface area contributed by atoms with Crippen LogP contribution in [0.15, 0.2) is 30.1 Å². The molecule has 7 heteroatoms. The molecule has 0 aliphatic carbocycles. The van der Waals surface area contributed by atoms with Crippen LogP contribution in [0.25, 0.3) is 0 Å². The Kier molecular flexibility index (Phi) is 4.29. The fourth-order valence-electron chi connectivity index (χ4n) is 2.36. The number of nitrogens with one attached hydrogen (secondary N) is 1. The predicted molar refractivity (Wildman–Crippen MR) is 73.1 cm³/mol. The molecule has 0 fully saturated rings. The SMILES string of the molecule is CCN(C[C@H]1C=C(N)NC1)c1cc(F)cc(C(F)(F)F)c1. The van der Waals surface area contributed by atoms with E-state index >= 15 is 0 Å². The van der Waals surface area contributed by atoms with E-state index in [1.165, 1.54) is 0 Å². The number of nitrogens with two attached hydrogens (primary N) is 1. The molecule has 3 N–H and O–H groups in total. The third-order valence-electron chi connectivity index (χ3n) is 3.40. The van der Waals surface area contributed by atoms with Gasteiger partial charge < -0.3 is 16.0 Å². The number of halogens is 4. The lowest BCUT2D eigenvalue weighted by atomic mass is 10.1. The van der Waals surface area contributed by atoms with Gasteiger partial charge in [-0.1, -0.05) is 0 Å². The van der Waals surface area contributed by atoms with Crippen LogP contribution < -0.4 is 16.0 Å². The maximum Gasteiger partial charge on any atom is 0.416 e. The molecule has 0 spiro atoms. The lowest BCUT2D eigenvalue weighted by molar-refractivity contribution is -0.137. The highest BCUT2D eigenvalue weighted by Gasteiger charge is 2.32. The first kappa shape index (κ1) is 15.5. The first-order valence-electron chi connectivity index (χ1n) is 6.63. The standard InChI is InChI=1S/C14H17F4N3/c1-2-21(8-9-3-13(19)20-7-9)12-5-10(14(16,17)18)4-11(15)6-12/h3-6,9,20H,2,7-8,19H2,1H3/t9-/m0/s1. The summed E-state index contributed by atoms with van der Waals surface area (Å²) >= 11 is 0. The third kappa shape index (κ3) is 3.80. The molecule has 0 saturated carbocycles. The van der Waals surface area contributed by atoms with Crippen LogP contribution in [0, 0.1) is 11.7 Å². The second-order valence-electron chi connectivity index (χ2n) is 5.00. The number of alkyl halides is 3. The molecule has 21 heavy (non-hydrogen) atoms. The van der Waals surface area contributed by atoms with E-state index in [1.54, 1.807) is 4.90 Å². The summed E-state index contributed by atoms with van der Waals surface area (Å²) in [5, 5.41) is 2.96. The van der Waals surface area contributed by atoms with Crippen molar-refractivity contribution in [2.45, 2.75) is 13.1 Å². The van der Waals surface area contributed by atoms with E-state index in [2.05, 4.69) is 5.32 Å². The van der Waals surface area contributed by atoms with Gasteiger partial charge in [-0.05, 0) is 31.2 Å². The van der Waals surface area contributed by atoms with Crippen LogP contribution in [-0.4, -0.2) is 19.6 Å². The van der Waals surface area contributed by atoms with Gasteiger partial charge in [0.25, 0.3) is 0 Å². The zero-order valence-electron chi connectivity index (χ0n) is 11.5. The molecule has 0 aromatic heterocycles. The summed E-state index contributed by atoms with van der Waals surface area (Å²) in [7, 11) is 0. The van der Waals surface area contributed by atoms with Crippen molar-refractivity contribution < 1.29 is 17.6 Å². The summed E-state index contributed by atoms with van der Waals surface area (Å²) in [4.78, 5) is 1.71. The molecule has 0 amide bonds. The predicted octanol–water partition coefficient (Wildman–Crippen LogP) is 2.69. The van der Waals surface area contributed by atoms with Gasteiger partial charge in [-0.2, -0.15) is 13.2 Å². The van der Waals surface area contributed by atoms with Crippen LogP contribution in [0.5, 0.6) is 0 Å². The van der Waals surface area contributed by atoms with Crippen molar-refractivity contribution in [2.24, 2.45) is 11.7 Å². The van der Waals surface area contributed by atoms with Crippen molar-refractivity contribution in [2.75, 3.05) is 24.5 Å². The molecule has 0 bridgehead atoms. The highest BCUT2D eigenvalue weighted by atomic mass is 19.4. The van der Waals surface area contributed by atoms with Crippen molar-refractivity contribution >= 4 is 5.69 Å². The van der Waals surface area contributed by atoms with Crippen LogP contribution in [0.1, 0.15) is 12.5 Å². The summed E-state index contributed by atoms with van der Waals surface area (Å²) in [5.41, 5.74) is 4.86. The molecule has 1 atom stereocenters. The summed E-state index contributed by atoms with van der Waals surface area (Å²) in [6.45, 7) is 3.40. The van der Waals surface area contributed by atoms with Crippen molar-refractivity contribution in [3.63, 3.8) is 0 Å². The van der Waals surface area contributed by atoms with Gasteiger partial charge in [0.15, 0.2) is 0 Å². The van der Waals surface area contributed by atoms with E-state index in [0.29, 0.717) is 31.5 Å². The molecule has 1 aliphatic heterocycles. The van der Waals surface area contributed by atoms with Crippen molar-refractivity contribution in [1.82, 2.24) is 5.32 Å². The highest BCUT2D eigenvalue weighted by Crippen LogP contribution is 2.33. The first-order valence-corrected chi connectivity index (χ1v) is 6.63. The molecular formula is C14H17F4N3. The van der Waals surface area contributed by atoms with Crippen molar-refractivity contribution in [3.05, 3.63) is 41.5 Å². The Morgan fingerprint density at radius 3 is 2.57 bits per heavy atom. The Morgan fingerprint density at radius 2 is 2.05 bits per heavy atom.